The van der Waals surface area contributed by atoms with Gasteiger partial charge in [-0.1, -0.05) is 36.0 Å². The van der Waals surface area contributed by atoms with Crippen molar-refractivity contribution >= 4 is 27.7 Å². The smallest absolute Gasteiger partial charge is 0.251 e. The highest BCUT2D eigenvalue weighted by Gasteiger charge is 2.09. The lowest BCUT2D eigenvalue weighted by Crippen LogP contribution is -2.28. The van der Waals surface area contributed by atoms with Crippen molar-refractivity contribution in [1.29, 1.82) is 0 Å². The number of sulfonamides is 1. The summed E-state index contributed by atoms with van der Waals surface area (Å²) in [6, 6.07) is 13.4. The van der Waals surface area contributed by atoms with E-state index < -0.39 is 10.0 Å². The molecule has 0 radical (unpaired) electrons. The largest absolute Gasteiger partial charge is 0.355 e. The van der Waals surface area contributed by atoms with E-state index >= 15 is 0 Å². The highest BCUT2D eigenvalue weighted by molar-refractivity contribution is 7.98. The van der Waals surface area contributed by atoms with E-state index in [-0.39, 0.29) is 28.6 Å². The van der Waals surface area contributed by atoms with E-state index in [1.165, 1.54) is 42.1 Å². The number of thioether (sulfide) groups is 1. The van der Waals surface area contributed by atoms with Gasteiger partial charge in [-0.15, -0.1) is 0 Å². The van der Waals surface area contributed by atoms with Crippen molar-refractivity contribution < 1.29 is 17.6 Å². The SMILES string of the molecule is NS(=O)(=O)c1ccc(CCNC(=O)Cc2cc(=O)[nH]c(SCc3ccc(F)cc3)n2)cc1. The molecule has 0 bridgehead atoms. The monoisotopic (exact) mass is 476 g/mol. The average molecular weight is 477 g/mol. The van der Waals surface area contributed by atoms with E-state index in [1.807, 2.05) is 0 Å². The van der Waals surface area contributed by atoms with Gasteiger partial charge in [-0.3, -0.25) is 9.59 Å². The molecule has 2 aromatic carbocycles. The maximum atomic E-state index is 13.0. The Morgan fingerprint density at radius 3 is 2.41 bits per heavy atom. The molecular weight excluding hydrogens is 455 g/mol. The fraction of sp³-hybridized carbons (Fsp3) is 0.190. The van der Waals surface area contributed by atoms with Gasteiger partial charge < -0.3 is 10.3 Å². The van der Waals surface area contributed by atoms with E-state index in [2.05, 4.69) is 15.3 Å². The van der Waals surface area contributed by atoms with E-state index in [0.29, 0.717) is 29.6 Å². The average Bonchev–Trinajstić information content (AvgIpc) is 2.73. The Kier molecular flexibility index (Phi) is 7.78. The molecule has 0 saturated carbocycles. The minimum Gasteiger partial charge on any atom is -0.355 e. The van der Waals surface area contributed by atoms with Crippen LogP contribution in [-0.4, -0.2) is 30.8 Å². The number of nitrogens with zero attached hydrogens (tertiary/aromatic N) is 1. The van der Waals surface area contributed by atoms with Gasteiger partial charge in [0.25, 0.3) is 5.56 Å². The predicted molar refractivity (Wildman–Crippen MR) is 119 cm³/mol. The summed E-state index contributed by atoms with van der Waals surface area (Å²) in [5.74, 6) is -0.124. The molecule has 3 rings (SSSR count). The Bertz CT molecular complexity index is 1240. The number of nitrogens with one attached hydrogen (secondary N) is 2. The number of nitrogens with two attached hydrogens (primary N) is 1. The number of primary sulfonamides is 1. The van der Waals surface area contributed by atoms with Crippen LogP contribution in [0.1, 0.15) is 16.8 Å². The standard InChI is InChI=1S/C21H21FN4O4S2/c22-16-5-1-15(2-6-16)13-31-21-25-17(12-20(28)26-21)11-19(27)24-10-9-14-3-7-18(8-4-14)32(23,29)30/h1-8,12H,9-11,13H2,(H,24,27)(H2,23,29,30)(H,25,26,28). The predicted octanol–water partition coefficient (Wildman–Crippen LogP) is 1.75. The summed E-state index contributed by atoms with van der Waals surface area (Å²) in [6.07, 6.45) is 0.441. The number of aromatic amines is 1. The third-order valence-corrected chi connectivity index (χ3v) is 6.26. The molecule has 32 heavy (non-hydrogen) atoms. The molecule has 4 N–H and O–H groups in total. The van der Waals surface area contributed by atoms with Crippen molar-refractivity contribution in [3.63, 3.8) is 0 Å². The van der Waals surface area contributed by atoms with Crippen LogP contribution in [-0.2, 0) is 33.4 Å². The van der Waals surface area contributed by atoms with Crippen molar-refractivity contribution in [3.8, 4) is 0 Å². The lowest BCUT2D eigenvalue weighted by atomic mass is 10.1. The van der Waals surface area contributed by atoms with E-state index in [4.69, 9.17) is 5.14 Å². The molecule has 0 fully saturated rings. The van der Waals surface area contributed by atoms with Crippen molar-refractivity contribution in [2.75, 3.05) is 6.54 Å². The molecule has 0 atom stereocenters. The van der Waals surface area contributed by atoms with Crippen molar-refractivity contribution in [2.45, 2.75) is 28.6 Å². The number of amides is 1. The number of benzene rings is 2. The third-order valence-electron chi connectivity index (χ3n) is 4.39. The molecule has 0 aliphatic rings. The number of H-pyrrole nitrogens is 1. The summed E-state index contributed by atoms with van der Waals surface area (Å²) in [5.41, 5.74) is 1.69. The van der Waals surface area contributed by atoms with Crippen LogP contribution < -0.4 is 16.0 Å². The van der Waals surface area contributed by atoms with Crippen LogP contribution in [0.5, 0.6) is 0 Å². The van der Waals surface area contributed by atoms with Gasteiger partial charge in [0.05, 0.1) is 17.0 Å². The molecule has 1 amide bonds. The first-order valence-electron chi connectivity index (χ1n) is 9.55. The highest BCUT2D eigenvalue weighted by Crippen LogP contribution is 2.18. The van der Waals surface area contributed by atoms with Crippen molar-refractivity contribution in [2.24, 2.45) is 5.14 Å². The minimum atomic E-state index is -3.74. The highest BCUT2D eigenvalue weighted by atomic mass is 32.2. The molecule has 11 heteroatoms. The zero-order valence-corrected chi connectivity index (χ0v) is 18.5. The fourth-order valence-electron chi connectivity index (χ4n) is 2.79. The first kappa shape index (κ1) is 23.6. The van der Waals surface area contributed by atoms with Gasteiger partial charge in [0.2, 0.25) is 15.9 Å². The van der Waals surface area contributed by atoms with Gasteiger partial charge >= 0.3 is 0 Å². The second-order valence-corrected chi connectivity index (χ2v) is 9.45. The molecule has 0 saturated heterocycles. The van der Waals surface area contributed by atoms with Gasteiger partial charge in [-0.2, -0.15) is 0 Å². The first-order valence-corrected chi connectivity index (χ1v) is 12.1. The van der Waals surface area contributed by atoms with Crippen LogP contribution in [0.3, 0.4) is 0 Å². The Balaban J connectivity index is 1.51. The zero-order chi connectivity index (χ0) is 23.1. The number of carbonyl (C=O) groups is 1. The number of rotatable bonds is 9. The van der Waals surface area contributed by atoms with Crippen molar-refractivity contribution in [3.05, 3.63) is 87.6 Å². The van der Waals surface area contributed by atoms with Crippen LogP contribution in [0.25, 0.3) is 0 Å². The van der Waals surface area contributed by atoms with Crippen LogP contribution in [0.2, 0.25) is 0 Å². The second kappa shape index (κ2) is 10.5. The molecule has 1 aromatic heterocycles. The minimum absolute atomic E-state index is 0.0266. The van der Waals surface area contributed by atoms with Gasteiger partial charge in [-0.25, -0.2) is 22.9 Å². The lowest BCUT2D eigenvalue weighted by Gasteiger charge is -2.07. The fourth-order valence-corrected chi connectivity index (χ4v) is 4.16. The molecule has 1 heterocycles. The quantitative estimate of drug-likeness (QED) is 0.318. The van der Waals surface area contributed by atoms with Crippen LogP contribution in [0.4, 0.5) is 4.39 Å². The molecule has 168 valence electrons. The van der Waals surface area contributed by atoms with Gasteiger partial charge in [0, 0.05) is 18.4 Å². The number of carbonyl (C=O) groups excluding carboxylic acids is 1. The lowest BCUT2D eigenvalue weighted by molar-refractivity contribution is -0.120. The van der Waals surface area contributed by atoms with E-state index in [1.54, 1.807) is 24.3 Å². The number of hydrogen-bond acceptors (Lipinski definition) is 6. The second-order valence-electron chi connectivity index (χ2n) is 6.92. The summed E-state index contributed by atoms with van der Waals surface area (Å²) in [7, 11) is -3.74. The summed E-state index contributed by atoms with van der Waals surface area (Å²) in [5, 5.41) is 8.19. The number of aromatic nitrogens is 2. The first-order chi connectivity index (χ1) is 15.2. The normalized spacial score (nSPS) is 11.3. The van der Waals surface area contributed by atoms with E-state index in [9.17, 15) is 22.4 Å². The van der Waals surface area contributed by atoms with Crippen LogP contribution in [0, 0.1) is 5.82 Å². The topological polar surface area (TPSA) is 135 Å². The molecule has 8 nitrogen and oxygen atoms in total. The molecule has 0 unspecified atom stereocenters. The molecule has 0 aliphatic heterocycles. The maximum Gasteiger partial charge on any atom is 0.251 e. The Labute approximate surface area is 188 Å². The number of halogens is 1. The summed E-state index contributed by atoms with van der Waals surface area (Å²) >= 11 is 1.28. The maximum absolute atomic E-state index is 13.0. The molecular formula is C21H21FN4O4S2. The Morgan fingerprint density at radius 1 is 1.09 bits per heavy atom. The van der Waals surface area contributed by atoms with Crippen LogP contribution in [0.15, 0.2) is 69.4 Å². The van der Waals surface area contributed by atoms with E-state index in [0.717, 1.165) is 11.1 Å². The summed E-state index contributed by atoms with van der Waals surface area (Å²) in [4.78, 5) is 31.1. The van der Waals surface area contributed by atoms with Gasteiger partial charge in [0.1, 0.15) is 5.82 Å². The Hall–Kier alpha value is -3.02. The Morgan fingerprint density at radius 2 is 1.75 bits per heavy atom. The zero-order valence-electron chi connectivity index (χ0n) is 16.9. The summed E-state index contributed by atoms with van der Waals surface area (Å²) < 4.78 is 35.5. The molecule has 3 aromatic rings. The molecule has 0 aliphatic carbocycles. The third kappa shape index (κ3) is 7.29. The molecule has 0 spiro atoms. The van der Waals surface area contributed by atoms with Gasteiger partial charge in [0.15, 0.2) is 5.16 Å². The van der Waals surface area contributed by atoms with Crippen LogP contribution >= 0.6 is 11.8 Å². The van der Waals surface area contributed by atoms with Gasteiger partial charge in [-0.05, 0) is 41.8 Å². The summed E-state index contributed by atoms with van der Waals surface area (Å²) in [6.45, 7) is 0.336. The van der Waals surface area contributed by atoms with Crippen molar-refractivity contribution in [1.82, 2.24) is 15.3 Å². The number of hydrogen-bond donors (Lipinski definition) is 3.